The number of rotatable bonds is 7. The molecule has 0 aliphatic carbocycles. The molecule has 0 saturated heterocycles. The molecule has 1 aliphatic rings. The molecule has 1 amide bonds. The molecule has 0 bridgehead atoms. The molecular weight excluding hydrogens is 420 g/mol. The van der Waals surface area contributed by atoms with Gasteiger partial charge in [-0.05, 0) is 35.7 Å². The average Bonchev–Trinajstić information content (AvgIpc) is 3.26. The molecule has 0 saturated carbocycles. The van der Waals surface area contributed by atoms with Gasteiger partial charge < -0.3 is 24.4 Å². The van der Waals surface area contributed by atoms with E-state index in [0.29, 0.717) is 17.1 Å². The van der Waals surface area contributed by atoms with Gasteiger partial charge in [-0.25, -0.2) is 4.79 Å². The first-order chi connectivity index (χ1) is 16.0. The molecule has 1 aliphatic heterocycles. The molecule has 0 atom stereocenters. The Morgan fingerprint density at radius 2 is 1.64 bits per heavy atom. The molecule has 7 heteroatoms. The summed E-state index contributed by atoms with van der Waals surface area (Å²) in [5, 5.41) is 2.79. The highest BCUT2D eigenvalue weighted by Crippen LogP contribution is 2.34. The molecule has 3 aromatic carbocycles. The van der Waals surface area contributed by atoms with Gasteiger partial charge in [-0.15, -0.1) is 0 Å². The SMILES string of the molecule is COC(=O)c1cc(OC)c(OC)cc1NC(=O)c1ccc(CN2CCc3ccccc32)cc1. The number of nitrogens with zero attached hydrogens (tertiary/aromatic N) is 1. The predicted molar refractivity (Wildman–Crippen MR) is 126 cm³/mol. The fraction of sp³-hybridized carbons (Fsp3) is 0.231. The third kappa shape index (κ3) is 4.62. The second-order valence-electron chi connectivity index (χ2n) is 7.70. The second kappa shape index (κ2) is 9.65. The normalized spacial score (nSPS) is 12.2. The van der Waals surface area contributed by atoms with Crippen LogP contribution in [0.2, 0.25) is 0 Å². The molecule has 0 radical (unpaired) electrons. The number of para-hydroxylation sites is 1. The van der Waals surface area contributed by atoms with Gasteiger partial charge in [0.25, 0.3) is 5.91 Å². The highest BCUT2D eigenvalue weighted by atomic mass is 16.5. The largest absolute Gasteiger partial charge is 0.493 e. The molecule has 33 heavy (non-hydrogen) atoms. The number of fused-ring (bicyclic) bond motifs is 1. The van der Waals surface area contributed by atoms with Gasteiger partial charge in [0.2, 0.25) is 0 Å². The summed E-state index contributed by atoms with van der Waals surface area (Å²) < 4.78 is 15.4. The lowest BCUT2D eigenvalue weighted by molar-refractivity contribution is 0.0601. The van der Waals surface area contributed by atoms with Crippen molar-refractivity contribution in [2.75, 3.05) is 38.1 Å². The quantitative estimate of drug-likeness (QED) is 0.545. The Morgan fingerprint density at radius 1 is 0.939 bits per heavy atom. The zero-order valence-corrected chi connectivity index (χ0v) is 18.9. The van der Waals surface area contributed by atoms with Crippen LogP contribution in [0.15, 0.2) is 60.7 Å². The maximum Gasteiger partial charge on any atom is 0.340 e. The summed E-state index contributed by atoms with van der Waals surface area (Å²) in [6.45, 7) is 1.76. The smallest absolute Gasteiger partial charge is 0.340 e. The van der Waals surface area contributed by atoms with Crippen LogP contribution in [-0.4, -0.2) is 39.8 Å². The van der Waals surface area contributed by atoms with Gasteiger partial charge in [0.05, 0.1) is 32.6 Å². The van der Waals surface area contributed by atoms with Crippen LogP contribution < -0.4 is 19.7 Å². The molecule has 7 nitrogen and oxygen atoms in total. The van der Waals surface area contributed by atoms with E-state index in [9.17, 15) is 9.59 Å². The number of amides is 1. The minimum absolute atomic E-state index is 0.174. The fourth-order valence-electron chi connectivity index (χ4n) is 4.01. The predicted octanol–water partition coefficient (Wildman–Crippen LogP) is 4.31. The van der Waals surface area contributed by atoms with Crippen molar-refractivity contribution >= 4 is 23.3 Å². The van der Waals surface area contributed by atoms with E-state index in [1.54, 1.807) is 18.2 Å². The lowest BCUT2D eigenvalue weighted by atomic mass is 10.1. The number of ether oxygens (including phenoxy) is 3. The maximum absolute atomic E-state index is 12.9. The topological polar surface area (TPSA) is 77.1 Å². The van der Waals surface area contributed by atoms with Crippen LogP contribution in [0, 0.1) is 0 Å². The van der Waals surface area contributed by atoms with E-state index in [1.807, 2.05) is 12.1 Å². The summed E-state index contributed by atoms with van der Waals surface area (Å²) >= 11 is 0. The van der Waals surface area contributed by atoms with Crippen molar-refractivity contribution in [2.24, 2.45) is 0 Å². The summed E-state index contributed by atoms with van der Waals surface area (Å²) in [5.41, 5.74) is 4.68. The van der Waals surface area contributed by atoms with Gasteiger partial charge in [0.1, 0.15) is 0 Å². The number of carbonyl (C=O) groups is 2. The van der Waals surface area contributed by atoms with Crippen LogP contribution in [0.25, 0.3) is 0 Å². The first-order valence-electron chi connectivity index (χ1n) is 10.6. The van der Waals surface area contributed by atoms with E-state index in [0.717, 1.165) is 25.1 Å². The number of benzene rings is 3. The Balaban J connectivity index is 1.51. The van der Waals surface area contributed by atoms with Crippen molar-refractivity contribution in [3.8, 4) is 11.5 Å². The summed E-state index contributed by atoms with van der Waals surface area (Å²) in [6, 6.07) is 18.9. The summed E-state index contributed by atoms with van der Waals surface area (Å²) in [6.07, 6.45) is 1.05. The van der Waals surface area contributed by atoms with E-state index in [2.05, 4.69) is 34.5 Å². The highest BCUT2D eigenvalue weighted by Gasteiger charge is 2.21. The van der Waals surface area contributed by atoms with E-state index in [4.69, 9.17) is 14.2 Å². The second-order valence-corrected chi connectivity index (χ2v) is 7.70. The standard InChI is InChI=1S/C26H26N2O5/c1-31-23-14-20(26(30)33-3)21(15-24(23)32-2)27-25(29)19-10-8-17(9-11-19)16-28-13-12-18-6-4-5-7-22(18)28/h4-11,14-15H,12-13,16H2,1-3H3,(H,27,29). The van der Waals surface area contributed by atoms with E-state index < -0.39 is 5.97 Å². The molecule has 0 aromatic heterocycles. The number of carbonyl (C=O) groups excluding carboxylic acids is 2. The molecule has 0 spiro atoms. The molecule has 3 aromatic rings. The van der Waals surface area contributed by atoms with Gasteiger partial charge in [0, 0.05) is 36.5 Å². The Kier molecular flexibility index (Phi) is 6.49. The number of esters is 1. The number of methoxy groups -OCH3 is 3. The number of hydrogen-bond donors (Lipinski definition) is 1. The van der Waals surface area contributed by atoms with E-state index >= 15 is 0 Å². The Labute approximate surface area is 192 Å². The third-order valence-corrected chi connectivity index (χ3v) is 5.75. The minimum atomic E-state index is -0.590. The minimum Gasteiger partial charge on any atom is -0.493 e. The summed E-state index contributed by atoms with van der Waals surface area (Å²) in [5.74, 6) is -0.177. The summed E-state index contributed by atoms with van der Waals surface area (Å²) in [4.78, 5) is 27.5. The molecule has 0 unspecified atom stereocenters. The van der Waals surface area contributed by atoms with Gasteiger partial charge in [-0.1, -0.05) is 30.3 Å². The molecule has 170 valence electrons. The molecule has 1 heterocycles. The monoisotopic (exact) mass is 446 g/mol. The summed E-state index contributed by atoms with van der Waals surface area (Å²) in [7, 11) is 4.24. The van der Waals surface area contributed by atoms with Crippen molar-refractivity contribution in [1.82, 2.24) is 0 Å². The van der Waals surface area contributed by atoms with Crippen molar-refractivity contribution < 1.29 is 23.8 Å². The lowest BCUT2D eigenvalue weighted by Gasteiger charge is -2.19. The van der Waals surface area contributed by atoms with Crippen molar-refractivity contribution in [1.29, 1.82) is 0 Å². The molecule has 4 rings (SSSR count). The fourth-order valence-corrected chi connectivity index (χ4v) is 4.01. The van der Waals surface area contributed by atoms with Crippen LogP contribution in [0.1, 0.15) is 31.8 Å². The Bertz CT molecular complexity index is 1170. The zero-order valence-electron chi connectivity index (χ0n) is 18.9. The number of nitrogens with one attached hydrogen (secondary N) is 1. The first kappa shape index (κ1) is 22.2. The Hall–Kier alpha value is -4.00. The van der Waals surface area contributed by atoms with Gasteiger partial charge in [-0.3, -0.25) is 4.79 Å². The van der Waals surface area contributed by atoms with Crippen molar-refractivity contribution in [3.63, 3.8) is 0 Å². The van der Waals surface area contributed by atoms with Gasteiger partial charge in [0.15, 0.2) is 11.5 Å². The van der Waals surface area contributed by atoms with Crippen molar-refractivity contribution in [2.45, 2.75) is 13.0 Å². The number of anilines is 2. The third-order valence-electron chi connectivity index (χ3n) is 5.75. The average molecular weight is 447 g/mol. The lowest BCUT2D eigenvalue weighted by Crippen LogP contribution is -2.20. The van der Waals surface area contributed by atoms with Crippen LogP contribution in [-0.2, 0) is 17.7 Å². The molecule has 1 N–H and O–H groups in total. The van der Waals surface area contributed by atoms with Crippen molar-refractivity contribution in [3.05, 3.63) is 82.9 Å². The highest BCUT2D eigenvalue weighted by molar-refractivity contribution is 6.08. The zero-order chi connectivity index (χ0) is 23.4. The van der Waals surface area contributed by atoms with Crippen LogP contribution >= 0.6 is 0 Å². The molecule has 0 fully saturated rings. The van der Waals surface area contributed by atoms with Crippen LogP contribution in [0.4, 0.5) is 11.4 Å². The maximum atomic E-state index is 12.9. The Morgan fingerprint density at radius 3 is 2.33 bits per heavy atom. The van der Waals surface area contributed by atoms with E-state index in [1.165, 1.54) is 38.6 Å². The van der Waals surface area contributed by atoms with Gasteiger partial charge in [-0.2, -0.15) is 0 Å². The first-order valence-corrected chi connectivity index (χ1v) is 10.6. The van der Waals surface area contributed by atoms with Gasteiger partial charge >= 0.3 is 5.97 Å². The number of hydrogen-bond acceptors (Lipinski definition) is 6. The molecular formula is C26H26N2O5. The van der Waals surface area contributed by atoms with E-state index in [-0.39, 0.29) is 17.2 Å². The van der Waals surface area contributed by atoms with Crippen LogP contribution in [0.5, 0.6) is 11.5 Å². The van der Waals surface area contributed by atoms with Crippen LogP contribution in [0.3, 0.4) is 0 Å².